The topological polar surface area (TPSA) is 156 Å². The molecule has 0 bridgehead atoms. The van der Waals surface area contributed by atoms with Crippen LogP contribution in [0.2, 0.25) is 0 Å². The molecule has 14 heteroatoms. The van der Waals surface area contributed by atoms with Gasteiger partial charge in [0.05, 0.1) is 0 Å². The molecule has 0 fully saturated rings. The van der Waals surface area contributed by atoms with E-state index in [2.05, 4.69) is 0 Å². The summed E-state index contributed by atoms with van der Waals surface area (Å²) in [6.45, 7) is 0. The summed E-state index contributed by atoms with van der Waals surface area (Å²) in [6, 6.07) is 0. The van der Waals surface area contributed by atoms with Gasteiger partial charge in [-0.15, -0.1) is 0 Å². The van der Waals surface area contributed by atoms with Crippen molar-refractivity contribution in [2.45, 2.75) is 0 Å². The Morgan fingerprint density at radius 2 is 0.571 bits per heavy atom. The Bertz CT molecular complexity index is 136. The van der Waals surface area contributed by atoms with Gasteiger partial charge in [-0.1, -0.05) is 0 Å². The van der Waals surface area contributed by atoms with E-state index in [0.29, 0.717) is 0 Å². The fourth-order valence-corrected chi connectivity index (χ4v) is 0. The van der Waals surface area contributed by atoms with Crippen molar-refractivity contribution in [1.82, 2.24) is 0 Å². The van der Waals surface area contributed by atoms with E-state index in [9.17, 15) is 0 Å². The first-order valence-electron chi connectivity index (χ1n) is 1.57. The van der Waals surface area contributed by atoms with E-state index >= 15 is 0 Å². The molecule has 78 valence electrons. The molecule has 0 aromatic carbocycles. The van der Waals surface area contributed by atoms with Crippen molar-refractivity contribution in [2.75, 3.05) is 0 Å². The molecule has 0 rings (SSSR count). The molecule has 0 aliphatic carbocycles. The molecule has 0 saturated carbocycles. The molecule has 14 heavy (non-hydrogen) atoms. The van der Waals surface area contributed by atoms with Crippen molar-refractivity contribution in [3.8, 4) is 0 Å². The summed E-state index contributed by atoms with van der Waals surface area (Å²) >= 11 is 0. The maximum Gasteiger partial charge on any atom is 0 e. The van der Waals surface area contributed by atoms with Gasteiger partial charge in [0.25, 0.3) is 0 Å². The molecule has 0 aromatic rings. The minimum Gasteiger partial charge on any atom is 0 e. The molecular formula is H8Na2O8P2V2. The van der Waals surface area contributed by atoms with Gasteiger partial charge < -0.3 is 29.4 Å². The van der Waals surface area contributed by atoms with Crippen LogP contribution < -0.4 is 0 Å². The molecule has 0 heterocycles. The second kappa shape index (κ2) is 16.4. The summed E-state index contributed by atoms with van der Waals surface area (Å²) in [7, 11) is -9.28. The molecule has 0 aliphatic rings. The minimum atomic E-state index is -4.64. The SMILES string of the molecule is O=P(O)(O)O.O=P(O)(O)O.[NaH].[NaH].[V].[V]. The van der Waals surface area contributed by atoms with Gasteiger partial charge in [-0.3, -0.25) is 0 Å². The second-order valence-corrected chi connectivity index (χ2v) is 3.08. The molecule has 6 N–H and O–H groups in total. The van der Waals surface area contributed by atoms with Crippen LogP contribution in [-0.4, -0.2) is 88.5 Å². The minimum absolute atomic E-state index is 0. The van der Waals surface area contributed by atoms with E-state index in [4.69, 9.17) is 38.5 Å². The molecule has 2 radical (unpaired) electrons. The third kappa shape index (κ3) is 277. The molecule has 0 amide bonds. The summed E-state index contributed by atoms with van der Waals surface area (Å²) in [4.78, 5) is 43.1. The Balaban J connectivity index is -0.0000000178. The van der Waals surface area contributed by atoms with Crippen LogP contribution in [0.15, 0.2) is 0 Å². The molecule has 0 aliphatic heterocycles. The zero-order valence-electron chi connectivity index (χ0n) is 5.29. The smallest absolute Gasteiger partial charge is 0 e. The molecule has 0 unspecified atom stereocenters. The maximum absolute atomic E-state index is 8.88. The van der Waals surface area contributed by atoms with Gasteiger partial charge in [0.1, 0.15) is 0 Å². The fourth-order valence-electron chi connectivity index (χ4n) is 0. The van der Waals surface area contributed by atoms with Crippen molar-refractivity contribution in [2.24, 2.45) is 0 Å². The third-order valence-electron chi connectivity index (χ3n) is 0. The molecule has 0 saturated heterocycles. The van der Waals surface area contributed by atoms with Gasteiger partial charge in [0.15, 0.2) is 0 Å². The van der Waals surface area contributed by atoms with Crippen LogP contribution in [-0.2, 0) is 46.2 Å². The van der Waals surface area contributed by atoms with Gasteiger partial charge in [0.2, 0.25) is 0 Å². The molecule has 0 atom stereocenters. The van der Waals surface area contributed by atoms with Gasteiger partial charge in [-0.05, 0) is 0 Å². The Kier molecular flexibility index (Phi) is 42.2. The number of hydrogen-bond acceptors (Lipinski definition) is 2. The van der Waals surface area contributed by atoms with Crippen molar-refractivity contribution >= 4 is 74.8 Å². The van der Waals surface area contributed by atoms with Crippen molar-refractivity contribution in [3.63, 3.8) is 0 Å². The van der Waals surface area contributed by atoms with E-state index in [1.54, 1.807) is 0 Å². The average molecular weight is 346 g/mol. The summed E-state index contributed by atoms with van der Waals surface area (Å²) in [5.74, 6) is 0. The Hall–Kier alpha value is 3.39. The van der Waals surface area contributed by atoms with E-state index in [-0.39, 0.29) is 96.2 Å². The van der Waals surface area contributed by atoms with Crippen LogP contribution in [0.25, 0.3) is 0 Å². The third-order valence-corrected chi connectivity index (χ3v) is 0. The largest absolute Gasteiger partial charge is 0 e. The zero-order chi connectivity index (χ0) is 9.00. The molecule has 0 aromatic heterocycles. The second-order valence-electron chi connectivity index (χ2n) is 1.03. The van der Waals surface area contributed by atoms with Gasteiger partial charge in [0, 0.05) is 37.1 Å². The summed E-state index contributed by atoms with van der Waals surface area (Å²) in [5, 5.41) is 0. The maximum atomic E-state index is 8.88. The summed E-state index contributed by atoms with van der Waals surface area (Å²) in [6.07, 6.45) is 0. The van der Waals surface area contributed by atoms with Crippen LogP contribution >= 0.6 is 15.6 Å². The Morgan fingerprint density at radius 1 is 0.571 bits per heavy atom. The molecular weight excluding hydrogens is 338 g/mol. The van der Waals surface area contributed by atoms with Crippen molar-refractivity contribution in [3.05, 3.63) is 0 Å². The average Bonchev–Trinajstić information content (AvgIpc) is 1.12. The predicted octanol–water partition coefficient (Wildman–Crippen LogP) is -3.16. The summed E-state index contributed by atoms with van der Waals surface area (Å²) in [5.41, 5.74) is 0. The first-order valence-corrected chi connectivity index (χ1v) is 4.70. The van der Waals surface area contributed by atoms with Gasteiger partial charge in [-0.2, -0.15) is 0 Å². The van der Waals surface area contributed by atoms with Crippen molar-refractivity contribution in [1.29, 1.82) is 0 Å². The fraction of sp³-hybridized carbons (Fsp3) is 0. The first-order chi connectivity index (χ1) is 4.00. The summed E-state index contributed by atoms with van der Waals surface area (Å²) < 4.78 is 17.8. The van der Waals surface area contributed by atoms with Crippen LogP contribution in [0.3, 0.4) is 0 Å². The van der Waals surface area contributed by atoms with E-state index < -0.39 is 15.6 Å². The predicted molar refractivity (Wildman–Crippen MR) is 42.8 cm³/mol. The van der Waals surface area contributed by atoms with E-state index in [1.807, 2.05) is 0 Å². The molecule has 8 nitrogen and oxygen atoms in total. The van der Waals surface area contributed by atoms with E-state index in [0.717, 1.165) is 0 Å². The monoisotopic (exact) mass is 346 g/mol. The van der Waals surface area contributed by atoms with Gasteiger partial charge in [-0.25, -0.2) is 9.13 Å². The quantitative estimate of drug-likeness (QED) is 0.198. The standard InChI is InChI=1S/2Na.2H3O4P.2V.2H/c;;2*1-5(2,3)4;;;;/h;;2*(H3,1,2,3,4);;;;. The number of hydrogen-bond donors (Lipinski definition) is 6. The number of phosphoric acid groups is 2. The van der Waals surface area contributed by atoms with Gasteiger partial charge >= 0.3 is 74.8 Å². The normalized spacial score (nSPS) is 8.43. The number of rotatable bonds is 0. The van der Waals surface area contributed by atoms with Crippen LogP contribution in [0.5, 0.6) is 0 Å². The van der Waals surface area contributed by atoms with Crippen LogP contribution in [0, 0.1) is 0 Å². The van der Waals surface area contributed by atoms with Crippen molar-refractivity contribution < 1.29 is 75.6 Å². The molecule has 0 spiro atoms. The first kappa shape index (κ1) is 36.0. The van der Waals surface area contributed by atoms with Crippen LogP contribution in [0.4, 0.5) is 0 Å². The Labute approximate surface area is 148 Å². The zero-order valence-corrected chi connectivity index (χ0v) is 9.87. The van der Waals surface area contributed by atoms with E-state index in [1.165, 1.54) is 0 Å². The van der Waals surface area contributed by atoms with Crippen LogP contribution in [0.1, 0.15) is 0 Å². The Morgan fingerprint density at radius 3 is 0.571 bits per heavy atom.